The number of hydrogen-bond donors (Lipinski definition) is 1. The summed E-state index contributed by atoms with van der Waals surface area (Å²) in [6.45, 7) is 5.70. The van der Waals surface area contributed by atoms with E-state index in [1.165, 1.54) is 4.31 Å². The highest BCUT2D eigenvalue weighted by Crippen LogP contribution is 2.27. The van der Waals surface area contributed by atoms with Crippen molar-refractivity contribution in [3.8, 4) is 0 Å². The predicted octanol–water partition coefficient (Wildman–Crippen LogP) is 3.75. The lowest BCUT2D eigenvalue weighted by Crippen LogP contribution is -2.43. The smallest absolute Gasteiger partial charge is 0.264 e. The molecule has 2 aromatic carbocycles. The SMILES string of the molecule is CCC[C@@H](C)NC(=O)CN(c1ccccc1CC)S(=O)(=O)c1ccccc1. The molecule has 0 bridgehead atoms. The molecule has 0 spiro atoms. The Morgan fingerprint density at radius 1 is 1.04 bits per heavy atom. The monoisotopic (exact) mass is 388 g/mol. The zero-order chi connectivity index (χ0) is 19.9. The van der Waals surface area contributed by atoms with Crippen LogP contribution in [0, 0.1) is 0 Å². The zero-order valence-corrected chi connectivity index (χ0v) is 17.0. The van der Waals surface area contributed by atoms with Crippen LogP contribution in [-0.2, 0) is 21.2 Å². The van der Waals surface area contributed by atoms with Gasteiger partial charge in [0.25, 0.3) is 10.0 Å². The Kier molecular flexibility index (Phi) is 7.42. The van der Waals surface area contributed by atoms with Gasteiger partial charge in [-0.3, -0.25) is 9.10 Å². The molecule has 0 saturated carbocycles. The van der Waals surface area contributed by atoms with Crippen molar-refractivity contribution >= 4 is 21.6 Å². The Morgan fingerprint density at radius 3 is 2.30 bits per heavy atom. The minimum absolute atomic E-state index is 0.00481. The first-order valence-electron chi connectivity index (χ1n) is 9.35. The third kappa shape index (κ3) is 5.32. The van der Waals surface area contributed by atoms with E-state index >= 15 is 0 Å². The first-order chi connectivity index (χ1) is 12.9. The number of hydrogen-bond acceptors (Lipinski definition) is 3. The fraction of sp³-hybridized carbons (Fsp3) is 0.381. The van der Waals surface area contributed by atoms with E-state index in [0.29, 0.717) is 12.1 Å². The van der Waals surface area contributed by atoms with E-state index in [0.717, 1.165) is 18.4 Å². The largest absolute Gasteiger partial charge is 0.352 e. The molecular weight excluding hydrogens is 360 g/mol. The van der Waals surface area contributed by atoms with Crippen molar-refractivity contribution < 1.29 is 13.2 Å². The topological polar surface area (TPSA) is 66.5 Å². The van der Waals surface area contributed by atoms with Gasteiger partial charge in [-0.15, -0.1) is 0 Å². The van der Waals surface area contributed by atoms with E-state index < -0.39 is 10.0 Å². The van der Waals surface area contributed by atoms with E-state index in [2.05, 4.69) is 5.32 Å². The molecule has 0 unspecified atom stereocenters. The maximum atomic E-state index is 13.3. The Morgan fingerprint density at radius 2 is 1.67 bits per heavy atom. The Balaban J connectivity index is 2.42. The summed E-state index contributed by atoms with van der Waals surface area (Å²) in [7, 11) is -3.86. The molecule has 0 fully saturated rings. The number of carbonyl (C=O) groups is 1. The summed E-state index contributed by atoms with van der Waals surface area (Å²) >= 11 is 0. The summed E-state index contributed by atoms with van der Waals surface area (Å²) in [5.41, 5.74) is 1.42. The van der Waals surface area contributed by atoms with Crippen molar-refractivity contribution in [3.63, 3.8) is 0 Å². The molecule has 146 valence electrons. The van der Waals surface area contributed by atoms with Gasteiger partial charge in [0.05, 0.1) is 10.6 Å². The van der Waals surface area contributed by atoms with Crippen LogP contribution in [0.5, 0.6) is 0 Å². The lowest BCUT2D eigenvalue weighted by Gasteiger charge is -2.26. The number of carbonyl (C=O) groups excluding carboxylic acids is 1. The molecule has 5 nitrogen and oxygen atoms in total. The van der Waals surface area contributed by atoms with Crippen molar-refractivity contribution in [2.75, 3.05) is 10.8 Å². The highest BCUT2D eigenvalue weighted by atomic mass is 32.2. The molecule has 0 aromatic heterocycles. The lowest BCUT2D eigenvalue weighted by molar-refractivity contribution is -0.120. The second kappa shape index (κ2) is 9.55. The van der Waals surface area contributed by atoms with Crippen LogP contribution >= 0.6 is 0 Å². The molecule has 0 heterocycles. The summed E-state index contributed by atoms with van der Waals surface area (Å²) in [6, 6.07) is 15.5. The van der Waals surface area contributed by atoms with Gasteiger partial charge in [-0.2, -0.15) is 0 Å². The fourth-order valence-corrected chi connectivity index (χ4v) is 4.51. The minimum atomic E-state index is -3.86. The van der Waals surface area contributed by atoms with Gasteiger partial charge >= 0.3 is 0 Å². The third-order valence-electron chi connectivity index (χ3n) is 4.39. The molecule has 1 N–H and O–H groups in total. The highest BCUT2D eigenvalue weighted by molar-refractivity contribution is 7.92. The van der Waals surface area contributed by atoms with E-state index in [1.54, 1.807) is 42.5 Å². The van der Waals surface area contributed by atoms with Gasteiger partial charge in [-0.1, -0.05) is 56.7 Å². The van der Waals surface area contributed by atoms with Gasteiger partial charge in [0, 0.05) is 6.04 Å². The number of rotatable bonds is 9. The van der Waals surface area contributed by atoms with Crippen LogP contribution < -0.4 is 9.62 Å². The van der Waals surface area contributed by atoms with Gasteiger partial charge < -0.3 is 5.32 Å². The molecule has 1 atom stereocenters. The van der Waals surface area contributed by atoms with Crippen molar-refractivity contribution in [2.45, 2.75) is 51.0 Å². The van der Waals surface area contributed by atoms with Crippen molar-refractivity contribution in [1.29, 1.82) is 0 Å². The van der Waals surface area contributed by atoms with Crippen LogP contribution in [0.1, 0.15) is 39.2 Å². The molecular formula is C21H28N2O3S. The summed E-state index contributed by atoms with van der Waals surface area (Å²) in [4.78, 5) is 12.7. The van der Waals surface area contributed by atoms with Crippen LogP contribution in [0.15, 0.2) is 59.5 Å². The maximum absolute atomic E-state index is 13.3. The zero-order valence-electron chi connectivity index (χ0n) is 16.2. The number of aryl methyl sites for hydroxylation is 1. The second-order valence-electron chi connectivity index (χ2n) is 6.56. The number of benzene rings is 2. The van der Waals surface area contributed by atoms with Crippen molar-refractivity contribution in [1.82, 2.24) is 5.32 Å². The molecule has 0 aliphatic heterocycles. The van der Waals surface area contributed by atoms with Crippen LogP contribution in [0.2, 0.25) is 0 Å². The number of nitrogens with zero attached hydrogens (tertiary/aromatic N) is 1. The minimum Gasteiger partial charge on any atom is -0.352 e. The average molecular weight is 389 g/mol. The molecule has 0 saturated heterocycles. The number of anilines is 1. The standard InChI is InChI=1S/C21H28N2O3S/c1-4-11-17(3)22-21(24)16-23(20-15-10-9-12-18(20)5-2)27(25,26)19-13-7-6-8-14-19/h6-10,12-15,17H,4-5,11,16H2,1-3H3,(H,22,24)/t17-/m1/s1. The molecule has 0 aliphatic carbocycles. The second-order valence-corrected chi connectivity index (χ2v) is 8.43. The Labute approximate surface area is 162 Å². The number of nitrogens with one attached hydrogen (secondary N) is 1. The summed E-state index contributed by atoms with van der Waals surface area (Å²) < 4.78 is 27.8. The molecule has 0 radical (unpaired) electrons. The predicted molar refractivity (Wildman–Crippen MR) is 109 cm³/mol. The summed E-state index contributed by atoms with van der Waals surface area (Å²) in [6.07, 6.45) is 2.47. The Hall–Kier alpha value is -2.34. The number of para-hydroxylation sites is 1. The van der Waals surface area contributed by atoms with Crippen LogP contribution in [0.4, 0.5) is 5.69 Å². The molecule has 6 heteroatoms. The summed E-state index contributed by atoms with van der Waals surface area (Å²) in [5, 5.41) is 2.90. The molecule has 1 amide bonds. The van der Waals surface area contributed by atoms with Gasteiger partial charge in [0.1, 0.15) is 6.54 Å². The van der Waals surface area contributed by atoms with E-state index in [4.69, 9.17) is 0 Å². The van der Waals surface area contributed by atoms with E-state index in [9.17, 15) is 13.2 Å². The van der Waals surface area contributed by atoms with Gasteiger partial charge in [-0.05, 0) is 43.5 Å². The van der Waals surface area contributed by atoms with Gasteiger partial charge in [0.2, 0.25) is 5.91 Å². The quantitative estimate of drug-likeness (QED) is 0.711. The Bertz CT molecular complexity index is 851. The van der Waals surface area contributed by atoms with Gasteiger partial charge in [-0.25, -0.2) is 8.42 Å². The summed E-state index contributed by atoms with van der Waals surface area (Å²) in [5.74, 6) is -0.304. The van der Waals surface area contributed by atoms with Crippen LogP contribution in [0.3, 0.4) is 0 Å². The average Bonchev–Trinajstić information content (AvgIpc) is 2.67. The first-order valence-corrected chi connectivity index (χ1v) is 10.8. The molecule has 2 aromatic rings. The first kappa shape index (κ1) is 21.0. The van der Waals surface area contributed by atoms with E-state index in [-0.39, 0.29) is 23.4 Å². The molecule has 27 heavy (non-hydrogen) atoms. The van der Waals surface area contributed by atoms with Crippen molar-refractivity contribution in [3.05, 3.63) is 60.2 Å². The maximum Gasteiger partial charge on any atom is 0.264 e. The molecule has 2 rings (SSSR count). The third-order valence-corrected chi connectivity index (χ3v) is 6.16. The highest BCUT2D eigenvalue weighted by Gasteiger charge is 2.28. The van der Waals surface area contributed by atoms with E-state index in [1.807, 2.05) is 32.9 Å². The molecule has 0 aliphatic rings. The normalized spacial score (nSPS) is 12.4. The van der Waals surface area contributed by atoms with Gasteiger partial charge in [0.15, 0.2) is 0 Å². The lowest BCUT2D eigenvalue weighted by atomic mass is 10.1. The number of amides is 1. The van der Waals surface area contributed by atoms with Crippen molar-refractivity contribution in [2.24, 2.45) is 0 Å². The van der Waals surface area contributed by atoms with Crippen LogP contribution in [0.25, 0.3) is 0 Å². The fourth-order valence-electron chi connectivity index (χ4n) is 3.03. The number of sulfonamides is 1. The van der Waals surface area contributed by atoms with Crippen LogP contribution in [-0.4, -0.2) is 26.9 Å².